The third-order valence-electron chi connectivity index (χ3n) is 7.32. The molecule has 3 heterocycles. The fourth-order valence-corrected chi connectivity index (χ4v) is 5.62. The number of ether oxygens (including phenoxy) is 2. The lowest BCUT2D eigenvalue weighted by molar-refractivity contribution is 0.145. The van der Waals surface area contributed by atoms with E-state index in [1.165, 1.54) is 33.8 Å². The van der Waals surface area contributed by atoms with E-state index in [9.17, 15) is 9.50 Å². The van der Waals surface area contributed by atoms with Gasteiger partial charge < -0.3 is 19.1 Å². The van der Waals surface area contributed by atoms with Crippen molar-refractivity contribution < 1.29 is 19.0 Å². The summed E-state index contributed by atoms with van der Waals surface area (Å²) in [5.41, 5.74) is 6.64. The Balaban J connectivity index is 0.00000253. The third-order valence-corrected chi connectivity index (χ3v) is 7.32. The molecule has 1 unspecified atom stereocenters. The highest BCUT2D eigenvalue weighted by Gasteiger charge is 2.35. The van der Waals surface area contributed by atoms with E-state index in [1.807, 2.05) is 16.7 Å². The van der Waals surface area contributed by atoms with E-state index in [-0.39, 0.29) is 32.6 Å². The van der Waals surface area contributed by atoms with Crippen molar-refractivity contribution in [2.45, 2.75) is 46.2 Å². The van der Waals surface area contributed by atoms with E-state index in [2.05, 4.69) is 35.2 Å². The Morgan fingerprint density at radius 1 is 1.06 bits per heavy atom. The van der Waals surface area contributed by atoms with E-state index in [4.69, 9.17) is 9.47 Å². The van der Waals surface area contributed by atoms with E-state index >= 15 is 0 Å². The lowest BCUT2D eigenvalue weighted by atomic mass is 9.85. The van der Waals surface area contributed by atoms with Crippen LogP contribution in [-0.2, 0) is 32.7 Å². The molecule has 35 heavy (non-hydrogen) atoms. The van der Waals surface area contributed by atoms with Crippen LogP contribution in [0.1, 0.15) is 41.4 Å². The molecule has 2 aliphatic rings. The van der Waals surface area contributed by atoms with Crippen molar-refractivity contribution in [1.29, 1.82) is 0 Å². The van der Waals surface area contributed by atoms with Gasteiger partial charge in [0.2, 0.25) is 0 Å². The fraction of sp³-hybridized carbons (Fsp3) is 0.310. The molecule has 0 spiro atoms. The van der Waals surface area contributed by atoms with Crippen molar-refractivity contribution in [3.05, 3.63) is 94.4 Å². The lowest BCUT2D eigenvalue weighted by Crippen LogP contribution is -2.39. The number of aliphatic hydroxyl groups excluding tert-OH is 1. The number of para-hydroxylation sites is 1. The van der Waals surface area contributed by atoms with Crippen LogP contribution >= 0.6 is 0 Å². The molecule has 0 saturated heterocycles. The van der Waals surface area contributed by atoms with Crippen molar-refractivity contribution in [2.75, 3.05) is 13.7 Å². The summed E-state index contributed by atoms with van der Waals surface area (Å²) in [6.07, 6.45) is 1.79. The summed E-state index contributed by atoms with van der Waals surface area (Å²) < 4.78 is 27.8. The number of nitrogens with zero attached hydrogens (tertiary/aromatic N) is 2. The number of methoxy groups -OCH3 is 1. The van der Waals surface area contributed by atoms with Crippen LogP contribution in [0.5, 0.6) is 11.5 Å². The summed E-state index contributed by atoms with van der Waals surface area (Å²) in [6, 6.07) is 19.4. The molecule has 5 nitrogen and oxygen atoms in total. The molecular weight excluding hydrogens is 443 g/mol. The van der Waals surface area contributed by atoms with Gasteiger partial charge in [-0.1, -0.05) is 43.8 Å². The Bertz CT molecular complexity index is 1380. The molecule has 0 aliphatic carbocycles. The maximum absolute atomic E-state index is 14.1. The first-order valence-corrected chi connectivity index (χ1v) is 11.7. The van der Waals surface area contributed by atoms with Crippen molar-refractivity contribution in [2.24, 2.45) is 0 Å². The van der Waals surface area contributed by atoms with Crippen LogP contribution in [0.25, 0.3) is 10.9 Å². The number of rotatable bonds is 5. The number of fused-ring (bicyclic) bond motifs is 6. The largest absolute Gasteiger partial charge is 0.493 e. The van der Waals surface area contributed by atoms with Crippen molar-refractivity contribution in [3.63, 3.8) is 0 Å². The van der Waals surface area contributed by atoms with Crippen LogP contribution in [0.3, 0.4) is 0 Å². The summed E-state index contributed by atoms with van der Waals surface area (Å²) in [7, 11) is 1.64. The van der Waals surface area contributed by atoms with E-state index in [1.54, 1.807) is 19.2 Å². The summed E-state index contributed by atoms with van der Waals surface area (Å²) in [5, 5.41) is 11.3. The smallest absolute Gasteiger partial charge is 0.161 e. The molecule has 0 bridgehead atoms. The standard InChI is InChI=1S/C28H27FN2O3.CH4/c1-33-27-14-21-18(12-28(27)34-16-19-6-2-4-8-23(19)29)10-11-30-15-26-22(13-25(21)30)20-7-3-5-9-24(20)31(26)17-32;/h2-9,12,14,25,32H,10-11,13,15-17H2,1H3;1H4. The van der Waals surface area contributed by atoms with Gasteiger partial charge in [0.05, 0.1) is 12.6 Å². The van der Waals surface area contributed by atoms with Crippen molar-refractivity contribution >= 4 is 10.9 Å². The highest BCUT2D eigenvalue weighted by Crippen LogP contribution is 2.44. The van der Waals surface area contributed by atoms with Crippen LogP contribution in [0, 0.1) is 5.82 Å². The summed E-state index contributed by atoms with van der Waals surface area (Å²) in [4.78, 5) is 2.50. The summed E-state index contributed by atoms with van der Waals surface area (Å²) in [5.74, 6) is 1.04. The number of hydrogen-bond donors (Lipinski definition) is 1. The zero-order valence-corrected chi connectivity index (χ0v) is 19.1. The highest BCUT2D eigenvalue weighted by molar-refractivity contribution is 5.86. The van der Waals surface area contributed by atoms with Gasteiger partial charge in [-0.15, -0.1) is 0 Å². The lowest BCUT2D eigenvalue weighted by Gasteiger charge is -2.41. The monoisotopic (exact) mass is 474 g/mol. The van der Waals surface area contributed by atoms with Crippen LogP contribution < -0.4 is 9.47 Å². The van der Waals surface area contributed by atoms with Crippen molar-refractivity contribution in [3.8, 4) is 11.5 Å². The number of aromatic nitrogens is 1. The van der Waals surface area contributed by atoms with Gasteiger partial charge in [0.25, 0.3) is 0 Å². The van der Waals surface area contributed by atoms with Crippen LogP contribution in [0.4, 0.5) is 4.39 Å². The number of halogens is 1. The minimum atomic E-state index is -0.268. The van der Waals surface area contributed by atoms with E-state index in [0.717, 1.165) is 31.4 Å². The normalized spacial score (nSPS) is 16.7. The van der Waals surface area contributed by atoms with E-state index in [0.29, 0.717) is 17.1 Å². The zero-order valence-electron chi connectivity index (χ0n) is 19.1. The first kappa shape index (κ1) is 23.4. The molecule has 0 fully saturated rings. The minimum absolute atomic E-state index is 0. The number of hydrogen-bond acceptors (Lipinski definition) is 4. The molecule has 3 aromatic carbocycles. The SMILES string of the molecule is C.COc1cc2c(cc1OCc1ccccc1F)CCN1Cc3c(c4ccccc4n3CO)CC21. The first-order chi connectivity index (χ1) is 16.7. The van der Waals surface area contributed by atoms with E-state index < -0.39 is 0 Å². The van der Waals surface area contributed by atoms with Gasteiger partial charge >= 0.3 is 0 Å². The predicted octanol–water partition coefficient (Wildman–Crippen LogP) is 5.61. The second kappa shape index (κ2) is 9.36. The Hall–Kier alpha value is -3.35. The summed E-state index contributed by atoms with van der Waals surface area (Å²) in [6.45, 7) is 1.88. The number of aliphatic hydroxyl groups is 1. The van der Waals surface area contributed by atoms with Gasteiger partial charge in [-0.05, 0) is 53.8 Å². The molecule has 6 heteroatoms. The van der Waals surface area contributed by atoms with Crippen LogP contribution in [-0.4, -0.2) is 28.2 Å². The van der Waals surface area contributed by atoms with Crippen LogP contribution in [0.15, 0.2) is 60.7 Å². The average Bonchev–Trinajstić information content (AvgIpc) is 3.19. The quantitative estimate of drug-likeness (QED) is 0.409. The Morgan fingerprint density at radius 3 is 2.66 bits per heavy atom. The molecule has 0 amide bonds. The van der Waals surface area contributed by atoms with Gasteiger partial charge in [0.15, 0.2) is 11.5 Å². The summed E-state index contributed by atoms with van der Waals surface area (Å²) >= 11 is 0. The Morgan fingerprint density at radius 2 is 1.86 bits per heavy atom. The third kappa shape index (κ3) is 3.87. The number of benzene rings is 3. The molecule has 182 valence electrons. The highest BCUT2D eigenvalue weighted by atomic mass is 19.1. The molecule has 0 radical (unpaired) electrons. The molecule has 1 aromatic heterocycles. The predicted molar refractivity (Wildman–Crippen MR) is 135 cm³/mol. The second-order valence-corrected chi connectivity index (χ2v) is 9.03. The topological polar surface area (TPSA) is 46.9 Å². The van der Waals surface area contributed by atoms with Gasteiger partial charge in [-0.3, -0.25) is 4.90 Å². The van der Waals surface area contributed by atoms with Gasteiger partial charge in [0.1, 0.15) is 19.2 Å². The molecule has 6 rings (SSSR count). The second-order valence-electron chi connectivity index (χ2n) is 9.03. The minimum Gasteiger partial charge on any atom is -0.493 e. The van der Waals surface area contributed by atoms with Gasteiger partial charge in [-0.2, -0.15) is 0 Å². The maximum Gasteiger partial charge on any atom is 0.161 e. The molecule has 2 aliphatic heterocycles. The molecule has 1 atom stereocenters. The van der Waals surface area contributed by atoms with Gasteiger partial charge in [0, 0.05) is 35.8 Å². The fourth-order valence-electron chi connectivity index (χ4n) is 5.62. The molecule has 0 saturated carbocycles. The molecule has 4 aromatic rings. The average molecular weight is 475 g/mol. The first-order valence-electron chi connectivity index (χ1n) is 11.7. The molecule has 1 N–H and O–H groups in total. The zero-order chi connectivity index (χ0) is 23.2. The Labute approximate surface area is 205 Å². The van der Waals surface area contributed by atoms with Crippen LogP contribution in [0.2, 0.25) is 0 Å². The van der Waals surface area contributed by atoms with Crippen molar-refractivity contribution in [1.82, 2.24) is 9.47 Å². The Kier molecular flexibility index (Phi) is 6.26. The van der Waals surface area contributed by atoms with Gasteiger partial charge in [-0.25, -0.2) is 4.39 Å². The maximum atomic E-state index is 14.1. The molecular formula is C29H31FN2O3.